The van der Waals surface area contributed by atoms with E-state index in [4.69, 9.17) is 0 Å². The van der Waals surface area contributed by atoms with Crippen LogP contribution in [0.2, 0.25) is 0 Å². The normalized spacial score (nSPS) is 14.4. The summed E-state index contributed by atoms with van der Waals surface area (Å²) in [6, 6.07) is 25.3. The number of halogens is 8. The van der Waals surface area contributed by atoms with Gasteiger partial charge in [0, 0.05) is 0 Å². The van der Waals surface area contributed by atoms with E-state index in [9.17, 15) is 26.3 Å². The van der Waals surface area contributed by atoms with E-state index in [0.29, 0.717) is 14.5 Å². The van der Waals surface area contributed by atoms with Gasteiger partial charge in [-0.3, -0.25) is 6.08 Å². The van der Waals surface area contributed by atoms with Crippen LogP contribution in [0.1, 0.15) is 122 Å². The molecule has 1 atom stereocenters. The third kappa shape index (κ3) is 13.8. The molecule has 0 fully saturated rings. The molecule has 58 heavy (non-hydrogen) atoms. The molecule has 0 heterocycles. The van der Waals surface area contributed by atoms with Crippen molar-refractivity contribution in [2.24, 2.45) is 11.3 Å². The topological polar surface area (TPSA) is 0 Å². The molecular weight excluding hydrogens is 865 g/mol. The second-order valence-corrected chi connectivity index (χ2v) is 18.9. The minimum absolute atomic E-state index is 0. The van der Waals surface area contributed by atoms with Crippen LogP contribution in [0.4, 0.5) is 26.3 Å². The zero-order valence-electron chi connectivity index (χ0n) is 35.0. The minimum atomic E-state index is -4.49. The Morgan fingerprint density at radius 2 is 1.03 bits per heavy atom. The number of alkyl halides is 6. The standard InChI is InChI=1S/C21H25.C15H8F6.C13H21.2ClH.Zr/c1-20(2,3)16-9-7-14-11-15-8-10-17(21(4,5)6)13-19(15)18(14)12-16;16-14(17,18)12-5-1-3-10(8-12)7-11-4-2-6-13(9-11)15(19,20)21;1-5-6-7-11-8-9-12(10-11)13(2,3)4;;;/h7-13H,1-6H3;1-6,8-9H;9-11H,5-7H2,1-4H3;2*1H;/q-1;;-1;;;+2/p-2. The van der Waals surface area contributed by atoms with Crippen molar-refractivity contribution in [2.45, 2.75) is 112 Å². The summed E-state index contributed by atoms with van der Waals surface area (Å²) in [6.45, 7) is 22.7. The Balaban J connectivity index is 0.000000305. The summed E-state index contributed by atoms with van der Waals surface area (Å²) in [7, 11) is 0. The van der Waals surface area contributed by atoms with Crippen LogP contribution in [0.5, 0.6) is 0 Å². The molecule has 5 aromatic rings. The molecule has 1 unspecified atom stereocenters. The zero-order chi connectivity index (χ0) is 41.9. The zero-order valence-corrected chi connectivity index (χ0v) is 39.0. The molecule has 0 spiro atoms. The molecule has 5 aromatic carbocycles. The number of allylic oxidation sites excluding steroid dienone is 4. The predicted molar refractivity (Wildman–Crippen MR) is 219 cm³/mol. The summed E-state index contributed by atoms with van der Waals surface area (Å²) >= 11 is 0.729. The van der Waals surface area contributed by atoms with Crippen LogP contribution in [0.25, 0.3) is 21.5 Å². The van der Waals surface area contributed by atoms with Crippen molar-refractivity contribution in [1.29, 1.82) is 0 Å². The number of fused-ring (bicyclic) bond motifs is 3. The molecular formula is C49H54Cl2F6Zr-2. The molecule has 0 radical (unpaired) electrons. The molecule has 9 heteroatoms. The van der Waals surface area contributed by atoms with Gasteiger partial charge in [-0.2, -0.15) is 11.6 Å². The van der Waals surface area contributed by atoms with E-state index in [1.807, 2.05) is 0 Å². The van der Waals surface area contributed by atoms with Crippen molar-refractivity contribution in [3.05, 3.63) is 148 Å². The van der Waals surface area contributed by atoms with Crippen LogP contribution in [0.3, 0.4) is 0 Å². The number of rotatable bonds is 5. The maximum absolute atomic E-state index is 12.7. The molecule has 0 aliphatic heterocycles. The molecule has 0 bridgehead atoms. The SMILES string of the molecule is CC(C)(C)c1ccc2[cH-]c3ccc(C(C)(C)C)cc3c2c1.CCCCC1[C-]=CC(C(C)(C)C)=C1.FC(F)(F)c1cccc([C](=[Zr+2])c2cccc(C(F)(F)F)c2)c1.[Cl-].[Cl-]. The Hall–Kier alpha value is -2.86. The van der Waals surface area contributed by atoms with Crippen molar-refractivity contribution in [2.75, 3.05) is 0 Å². The third-order valence-corrected chi connectivity index (χ3v) is 11.4. The van der Waals surface area contributed by atoms with Gasteiger partial charge in [0.2, 0.25) is 0 Å². The molecule has 312 valence electrons. The minimum Gasteiger partial charge on any atom is -1.00 e. The molecule has 0 saturated heterocycles. The first-order valence-corrected chi connectivity index (χ1v) is 20.4. The fraction of sp³-hybridized carbons (Fsp3) is 0.388. The van der Waals surface area contributed by atoms with Gasteiger partial charge >= 0.3 is 137 Å². The largest absolute Gasteiger partial charge is 1.00 e. The number of hydrogen-bond acceptors (Lipinski definition) is 0. The fourth-order valence-corrected chi connectivity index (χ4v) is 7.13. The molecule has 0 nitrogen and oxygen atoms in total. The van der Waals surface area contributed by atoms with E-state index in [0.717, 1.165) is 48.5 Å². The van der Waals surface area contributed by atoms with Gasteiger partial charge in [-0.25, -0.2) is 6.08 Å². The van der Waals surface area contributed by atoms with E-state index in [-0.39, 0.29) is 46.8 Å². The maximum Gasteiger partial charge on any atom is -1.00 e. The molecule has 0 saturated carbocycles. The molecule has 0 aromatic heterocycles. The summed E-state index contributed by atoms with van der Waals surface area (Å²) in [5.41, 5.74) is 3.85. The van der Waals surface area contributed by atoms with Gasteiger partial charge in [0.25, 0.3) is 0 Å². The van der Waals surface area contributed by atoms with Crippen molar-refractivity contribution in [3.63, 3.8) is 0 Å². The molecule has 1 aliphatic carbocycles. The van der Waals surface area contributed by atoms with Crippen LogP contribution in [-0.4, -0.2) is 3.21 Å². The molecule has 0 N–H and O–H groups in total. The van der Waals surface area contributed by atoms with Crippen molar-refractivity contribution in [1.82, 2.24) is 0 Å². The van der Waals surface area contributed by atoms with Crippen molar-refractivity contribution >= 4 is 24.8 Å². The van der Waals surface area contributed by atoms with E-state index in [1.54, 1.807) is 0 Å². The van der Waals surface area contributed by atoms with Gasteiger partial charge in [0.15, 0.2) is 0 Å². The summed E-state index contributed by atoms with van der Waals surface area (Å²) in [5.74, 6) is 0.592. The second-order valence-electron chi connectivity index (χ2n) is 17.7. The quantitative estimate of drug-likeness (QED) is 0.122. The Kier molecular flexibility index (Phi) is 17.8. The Labute approximate surface area is 369 Å². The summed E-state index contributed by atoms with van der Waals surface area (Å²) in [4.78, 5) is 0. The number of benzene rings is 4. The predicted octanol–water partition coefficient (Wildman–Crippen LogP) is 9.29. The van der Waals surface area contributed by atoms with Crippen molar-refractivity contribution < 1.29 is 75.4 Å². The average molecular weight is 919 g/mol. The Morgan fingerprint density at radius 3 is 1.38 bits per heavy atom. The first-order chi connectivity index (χ1) is 25.8. The van der Waals surface area contributed by atoms with Gasteiger partial charge in [-0.15, -0.1) is 39.7 Å². The number of unbranched alkanes of at least 4 members (excludes halogenated alkanes) is 1. The first-order valence-electron chi connectivity index (χ1n) is 19.2. The van der Waals surface area contributed by atoms with E-state index in [2.05, 4.69) is 130 Å². The Morgan fingerprint density at radius 1 is 0.603 bits per heavy atom. The first kappa shape index (κ1) is 51.3. The smallest absolute Gasteiger partial charge is 1.00 e. The van der Waals surface area contributed by atoms with Gasteiger partial charge in [-0.05, 0) is 10.8 Å². The van der Waals surface area contributed by atoms with Gasteiger partial charge in [-0.1, -0.05) is 135 Å². The summed E-state index contributed by atoms with van der Waals surface area (Å²) in [6.07, 6.45) is 2.90. The number of hydrogen-bond donors (Lipinski definition) is 0. The summed E-state index contributed by atoms with van der Waals surface area (Å²) < 4.78 is 76.7. The second kappa shape index (κ2) is 20.1. The maximum atomic E-state index is 12.7. The van der Waals surface area contributed by atoms with Crippen LogP contribution >= 0.6 is 0 Å². The monoisotopic (exact) mass is 916 g/mol. The van der Waals surface area contributed by atoms with Crippen LogP contribution in [0.15, 0.2) is 109 Å². The van der Waals surface area contributed by atoms with Gasteiger partial charge < -0.3 is 24.8 Å². The van der Waals surface area contributed by atoms with Gasteiger partial charge in [0.05, 0.1) is 0 Å². The van der Waals surface area contributed by atoms with Crippen LogP contribution < -0.4 is 24.8 Å². The molecule has 0 amide bonds. The van der Waals surface area contributed by atoms with E-state index in [1.165, 1.54) is 81.8 Å². The van der Waals surface area contributed by atoms with Crippen molar-refractivity contribution in [3.8, 4) is 0 Å². The molecule has 1 aliphatic rings. The fourth-order valence-electron chi connectivity index (χ4n) is 6.37. The van der Waals surface area contributed by atoms with Gasteiger partial charge in [0.1, 0.15) is 0 Å². The average Bonchev–Trinajstić information content (AvgIpc) is 3.74. The van der Waals surface area contributed by atoms with E-state index < -0.39 is 23.5 Å². The molecule has 6 rings (SSSR count). The van der Waals surface area contributed by atoms with Crippen LogP contribution in [0, 0.1) is 17.4 Å². The summed E-state index contributed by atoms with van der Waals surface area (Å²) in [5, 5.41) is 5.49. The Bertz CT molecular complexity index is 2070. The van der Waals surface area contributed by atoms with Crippen LogP contribution in [-0.2, 0) is 47.4 Å². The van der Waals surface area contributed by atoms with E-state index >= 15 is 0 Å². The third-order valence-electron chi connectivity index (χ3n) is 9.97.